The Hall–Kier alpha value is -2.95. The van der Waals surface area contributed by atoms with Gasteiger partial charge in [0, 0.05) is 24.7 Å². The second kappa shape index (κ2) is 10.6. The van der Waals surface area contributed by atoms with E-state index in [-0.39, 0.29) is 35.5 Å². The van der Waals surface area contributed by atoms with E-state index < -0.39 is 0 Å². The van der Waals surface area contributed by atoms with Crippen molar-refractivity contribution in [1.82, 2.24) is 9.80 Å². The molecule has 2 atom stereocenters. The first-order valence-electron chi connectivity index (χ1n) is 12.5. The van der Waals surface area contributed by atoms with E-state index in [2.05, 4.69) is 65.4 Å². The van der Waals surface area contributed by atoms with Crippen LogP contribution in [0.25, 0.3) is 0 Å². The molecule has 1 fully saturated rings. The van der Waals surface area contributed by atoms with Gasteiger partial charge in [0.05, 0.1) is 11.6 Å². The van der Waals surface area contributed by atoms with Crippen molar-refractivity contribution < 1.29 is 18.7 Å². The monoisotopic (exact) mass is 494 g/mol. The molecule has 0 aliphatic carbocycles. The molecule has 0 spiro atoms. The zero-order valence-corrected chi connectivity index (χ0v) is 22.8. The minimum atomic E-state index is -0.284. The summed E-state index contributed by atoms with van der Waals surface area (Å²) < 4.78 is 19.7. The van der Waals surface area contributed by atoms with Gasteiger partial charge >= 0.3 is 0 Å². The van der Waals surface area contributed by atoms with E-state index in [0.717, 1.165) is 23.0 Å². The minimum Gasteiger partial charge on any atom is -0.477 e. The van der Waals surface area contributed by atoms with Gasteiger partial charge in [-0.3, -0.25) is 9.69 Å². The number of benzene rings is 2. The summed E-state index contributed by atoms with van der Waals surface area (Å²) in [7, 11) is 0. The molecule has 1 saturated heterocycles. The standard InChI is InChI=1S/C30H39FN2O3/c1-20-15-32(21(2)27(18-35)33(20)16-22-9-11-25(31)12-10-22)19-36-28-23(17-34)13-24(29(3,4)5)14-26(28)30(6,7)8/h9-14,17,20-21H,15-16,19H2,1-8H3/t20-,21+/m1/s1. The van der Waals surface area contributed by atoms with E-state index in [1.165, 1.54) is 12.1 Å². The molecule has 2 aromatic carbocycles. The Balaban J connectivity index is 1.86. The largest absolute Gasteiger partial charge is 0.477 e. The highest BCUT2D eigenvalue weighted by atomic mass is 19.1. The number of piperazine rings is 1. The molecule has 0 bridgehead atoms. The van der Waals surface area contributed by atoms with Crippen LogP contribution in [0, 0.1) is 5.82 Å². The molecule has 0 amide bonds. The first-order valence-corrected chi connectivity index (χ1v) is 12.5. The lowest BCUT2D eigenvalue weighted by Crippen LogP contribution is -2.55. The van der Waals surface area contributed by atoms with Crippen LogP contribution in [0.2, 0.25) is 0 Å². The van der Waals surface area contributed by atoms with Crippen LogP contribution in [0.5, 0.6) is 5.75 Å². The Labute approximate surface area is 214 Å². The normalized spacial score (nSPS) is 19.2. The Morgan fingerprint density at radius 1 is 1.06 bits per heavy atom. The van der Waals surface area contributed by atoms with Gasteiger partial charge in [0.1, 0.15) is 29.9 Å². The molecule has 1 heterocycles. The predicted molar refractivity (Wildman–Crippen MR) is 142 cm³/mol. The number of nitrogens with zero attached hydrogens (tertiary/aromatic N) is 2. The highest BCUT2D eigenvalue weighted by molar-refractivity contribution is 5.81. The average Bonchev–Trinajstić information content (AvgIpc) is 2.80. The van der Waals surface area contributed by atoms with Crippen LogP contribution >= 0.6 is 0 Å². The summed E-state index contributed by atoms with van der Waals surface area (Å²) in [5.41, 5.74) is 3.74. The lowest BCUT2D eigenvalue weighted by Gasteiger charge is -2.45. The average molecular weight is 495 g/mol. The van der Waals surface area contributed by atoms with Crippen LogP contribution < -0.4 is 4.74 Å². The maximum absolute atomic E-state index is 13.3. The minimum absolute atomic E-state index is 0.0159. The second-order valence-corrected chi connectivity index (χ2v) is 11.9. The third kappa shape index (κ3) is 6.05. The SMILES string of the molecule is C[C@@H]1CN(COc2c(C=O)cc(C(C)(C)C)cc2C(C)(C)C)[C@@H](C)C(=C=O)N1Cc1ccc(F)cc1. The smallest absolute Gasteiger partial charge is 0.153 e. The lowest BCUT2D eigenvalue weighted by molar-refractivity contribution is 0.0277. The molecule has 36 heavy (non-hydrogen) atoms. The van der Waals surface area contributed by atoms with Crippen LogP contribution in [-0.4, -0.2) is 47.4 Å². The van der Waals surface area contributed by atoms with Crippen molar-refractivity contribution in [1.29, 1.82) is 0 Å². The van der Waals surface area contributed by atoms with E-state index in [4.69, 9.17) is 4.74 Å². The van der Waals surface area contributed by atoms with E-state index >= 15 is 0 Å². The summed E-state index contributed by atoms with van der Waals surface area (Å²) in [5.74, 6) is 2.45. The summed E-state index contributed by atoms with van der Waals surface area (Å²) in [4.78, 5) is 28.3. The first kappa shape index (κ1) is 27.6. The van der Waals surface area contributed by atoms with Crippen LogP contribution in [0.1, 0.15) is 82.4 Å². The van der Waals surface area contributed by atoms with Crippen molar-refractivity contribution in [3.05, 3.63) is 70.2 Å². The van der Waals surface area contributed by atoms with E-state index in [1.807, 2.05) is 17.9 Å². The Morgan fingerprint density at radius 2 is 1.69 bits per heavy atom. The Kier molecular flexibility index (Phi) is 8.12. The number of carbonyl (C=O) groups excluding carboxylic acids is 2. The van der Waals surface area contributed by atoms with E-state index in [1.54, 1.807) is 12.1 Å². The molecule has 0 N–H and O–H groups in total. The fourth-order valence-electron chi connectivity index (χ4n) is 4.62. The molecular weight excluding hydrogens is 455 g/mol. The van der Waals surface area contributed by atoms with Gasteiger partial charge in [0.25, 0.3) is 0 Å². The topological polar surface area (TPSA) is 49.9 Å². The molecule has 5 nitrogen and oxygen atoms in total. The number of ether oxygens (including phenoxy) is 1. The predicted octanol–water partition coefficient (Wildman–Crippen LogP) is 5.88. The van der Waals surface area contributed by atoms with Gasteiger partial charge in [0.2, 0.25) is 0 Å². The molecule has 1 aliphatic rings. The summed E-state index contributed by atoms with van der Waals surface area (Å²) in [6.07, 6.45) is 0.864. The van der Waals surface area contributed by atoms with Crippen molar-refractivity contribution in [2.75, 3.05) is 13.3 Å². The van der Waals surface area contributed by atoms with Gasteiger partial charge in [-0.05, 0) is 54.0 Å². The van der Waals surface area contributed by atoms with Crippen molar-refractivity contribution in [3.63, 3.8) is 0 Å². The quantitative estimate of drug-likeness (QED) is 0.371. The van der Waals surface area contributed by atoms with Gasteiger partial charge in [-0.1, -0.05) is 59.7 Å². The van der Waals surface area contributed by atoms with E-state index in [0.29, 0.717) is 30.1 Å². The fraction of sp³-hybridized carbons (Fsp3) is 0.500. The maximum atomic E-state index is 13.3. The molecule has 194 valence electrons. The third-order valence-electron chi connectivity index (χ3n) is 6.95. The van der Waals surface area contributed by atoms with Crippen LogP contribution in [0.4, 0.5) is 4.39 Å². The molecule has 0 saturated carbocycles. The maximum Gasteiger partial charge on any atom is 0.153 e. The van der Waals surface area contributed by atoms with Crippen molar-refractivity contribution in [3.8, 4) is 5.75 Å². The molecule has 2 aromatic rings. The van der Waals surface area contributed by atoms with Crippen LogP contribution in [-0.2, 0) is 22.2 Å². The molecule has 0 aromatic heterocycles. The van der Waals surface area contributed by atoms with Crippen molar-refractivity contribution in [2.24, 2.45) is 0 Å². The molecular formula is C30H39FN2O3. The number of hydrogen-bond donors (Lipinski definition) is 0. The molecule has 0 radical (unpaired) electrons. The number of carbonyl (C=O) groups is 1. The summed E-state index contributed by atoms with van der Waals surface area (Å²) in [6, 6.07) is 10.2. The molecule has 1 aliphatic heterocycles. The van der Waals surface area contributed by atoms with Gasteiger partial charge in [-0.15, -0.1) is 0 Å². The van der Waals surface area contributed by atoms with Crippen LogP contribution in [0.3, 0.4) is 0 Å². The number of aldehydes is 1. The number of rotatable bonds is 6. The lowest BCUT2D eigenvalue weighted by atomic mass is 9.79. The van der Waals surface area contributed by atoms with Crippen molar-refractivity contribution >= 4 is 12.2 Å². The molecule has 0 unspecified atom stereocenters. The zero-order chi connectivity index (χ0) is 26.8. The molecule has 6 heteroatoms. The first-order chi connectivity index (χ1) is 16.8. The number of halogens is 1. The Bertz CT molecular complexity index is 1140. The third-order valence-corrected chi connectivity index (χ3v) is 6.95. The summed E-state index contributed by atoms with van der Waals surface area (Å²) in [6.45, 7) is 18.1. The summed E-state index contributed by atoms with van der Waals surface area (Å²) >= 11 is 0. The van der Waals surface area contributed by atoms with Crippen molar-refractivity contribution in [2.45, 2.75) is 84.8 Å². The molecule has 3 rings (SSSR count). The fourth-order valence-corrected chi connectivity index (χ4v) is 4.62. The highest BCUT2D eigenvalue weighted by Gasteiger charge is 2.35. The zero-order valence-electron chi connectivity index (χ0n) is 22.8. The highest BCUT2D eigenvalue weighted by Crippen LogP contribution is 2.38. The summed E-state index contributed by atoms with van der Waals surface area (Å²) in [5, 5.41) is 0. The second-order valence-electron chi connectivity index (χ2n) is 11.9. The van der Waals surface area contributed by atoms with Gasteiger partial charge in [-0.2, -0.15) is 0 Å². The van der Waals surface area contributed by atoms with Gasteiger partial charge < -0.3 is 9.64 Å². The van der Waals surface area contributed by atoms with Gasteiger partial charge in [0.15, 0.2) is 6.29 Å². The van der Waals surface area contributed by atoms with Crippen LogP contribution in [0.15, 0.2) is 42.1 Å². The van der Waals surface area contributed by atoms with Gasteiger partial charge in [-0.25, -0.2) is 9.18 Å². The number of hydrogen-bond acceptors (Lipinski definition) is 5. The van der Waals surface area contributed by atoms with E-state index in [9.17, 15) is 14.0 Å². The Morgan fingerprint density at radius 3 is 2.22 bits per heavy atom.